The first-order chi connectivity index (χ1) is 19.5. The van der Waals surface area contributed by atoms with Crippen molar-refractivity contribution in [1.29, 1.82) is 5.26 Å². The molecule has 0 saturated heterocycles. The number of nitrogens with zero attached hydrogens (tertiary/aromatic N) is 3. The number of benzene rings is 2. The van der Waals surface area contributed by atoms with Gasteiger partial charge in [0, 0.05) is 12.3 Å². The normalized spacial score (nSPS) is 11.8. The Hall–Kier alpha value is -4.74. The summed E-state index contributed by atoms with van der Waals surface area (Å²) in [6.45, 7) is 5.35. The van der Waals surface area contributed by atoms with Crippen LogP contribution in [0.5, 0.6) is 5.75 Å². The number of ether oxygens (including phenoxy) is 1. The van der Waals surface area contributed by atoms with Gasteiger partial charge in [0.15, 0.2) is 0 Å². The summed E-state index contributed by atoms with van der Waals surface area (Å²) < 4.78 is 34.5. The van der Waals surface area contributed by atoms with Gasteiger partial charge < -0.3 is 20.5 Å². The molecule has 0 aliphatic carbocycles. The number of esters is 1. The van der Waals surface area contributed by atoms with Gasteiger partial charge in [0.25, 0.3) is 0 Å². The minimum absolute atomic E-state index is 0.000201. The molecule has 14 heteroatoms. The molecular weight excluding hydrogens is 552 g/mol. The Morgan fingerprint density at radius 2 is 1.80 bits per heavy atom. The van der Waals surface area contributed by atoms with E-state index < -0.39 is 46.0 Å². The number of phenolic OH excluding ortho intramolecular Hbond substituents is 1. The van der Waals surface area contributed by atoms with Crippen molar-refractivity contribution in [3.8, 4) is 17.5 Å². The van der Waals surface area contributed by atoms with Gasteiger partial charge >= 0.3 is 5.97 Å². The Morgan fingerprint density at radius 3 is 2.41 bits per heavy atom. The van der Waals surface area contributed by atoms with Crippen LogP contribution in [0.4, 0.5) is 11.4 Å². The van der Waals surface area contributed by atoms with Gasteiger partial charge in [-0.1, -0.05) is 26.0 Å². The number of hydrogen-bond acceptors (Lipinski definition) is 9. The second-order valence-electron chi connectivity index (χ2n) is 8.73. The van der Waals surface area contributed by atoms with Gasteiger partial charge in [-0.2, -0.15) is 15.1 Å². The second kappa shape index (κ2) is 13.6. The number of amides is 2. The SMILES string of the molecule is CCOC(=O)c1cnn(-c2cc(NC(=O)CC#N)c(O)cc2NC(=O)C(CC)NS(=O)(=O)c2ccc(CC)cc2)c1. The third-order valence-electron chi connectivity index (χ3n) is 5.89. The van der Waals surface area contributed by atoms with Crippen molar-refractivity contribution >= 4 is 39.2 Å². The summed E-state index contributed by atoms with van der Waals surface area (Å²) in [5.41, 5.74) is 1.08. The number of nitrogens with one attached hydrogen (secondary N) is 3. The van der Waals surface area contributed by atoms with Crippen LogP contribution in [0.2, 0.25) is 0 Å². The first kappa shape index (κ1) is 30.8. The molecule has 13 nitrogen and oxygen atoms in total. The van der Waals surface area contributed by atoms with Crippen molar-refractivity contribution in [2.45, 2.75) is 51.0 Å². The number of hydrogen-bond donors (Lipinski definition) is 4. The average Bonchev–Trinajstić information content (AvgIpc) is 3.44. The number of carbonyl (C=O) groups is 3. The maximum absolute atomic E-state index is 13.3. The second-order valence-corrected chi connectivity index (χ2v) is 10.4. The fraction of sp³-hybridized carbons (Fsp3) is 0.296. The van der Waals surface area contributed by atoms with Crippen molar-refractivity contribution in [3.63, 3.8) is 0 Å². The molecule has 0 bridgehead atoms. The van der Waals surface area contributed by atoms with Gasteiger partial charge in [0.05, 0.1) is 46.4 Å². The molecule has 1 atom stereocenters. The first-order valence-corrected chi connectivity index (χ1v) is 14.2. The van der Waals surface area contributed by atoms with Crippen LogP contribution >= 0.6 is 0 Å². The predicted molar refractivity (Wildman–Crippen MR) is 149 cm³/mol. The monoisotopic (exact) mass is 582 g/mol. The number of phenols is 1. The van der Waals surface area contributed by atoms with Crippen LogP contribution in [0.15, 0.2) is 53.7 Å². The standard InChI is InChI=1S/C27H30N6O7S/c1-4-17-7-9-19(10-8-17)41(38,39)32-20(5-2)26(36)31-21-14-24(34)22(30-25(35)11-12-28)13-23(21)33-16-18(15-29-33)27(37)40-6-3/h7-10,13-16,20,32,34H,4-6,11H2,1-3H3,(H,30,35)(H,31,36). The molecule has 216 valence electrons. The zero-order valence-corrected chi connectivity index (χ0v) is 23.5. The van der Waals surface area contributed by atoms with E-state index in [1.54, 1.807) is 32.0 Å². The Labute approximate surface area is 237 Å². The van der Waals surface area contributed by atoms with Crippen LogP contribution in [-0.4, -0.2) is 53.7 Å². The third kappa shape index (κ3) is 7.68. The minimum atomic E-state index is -4.04. The molecule has 0 aliphatic heterocycles. The molecule has 3 rings (SSSR count). The first-order valence-electron chi connectivity index (χ1n) is 12.7. The van der Waals surface area contributed by atoms with Crippen molar-refractivity contribution in [2.24, 2.45) is 0 Å². The van der Waals surface area contributed by atoms with E-state index in [0.29, 0.717) is 0 Å². The summed E-state index contributed by atoms with van der Waals surface area (Å²) in [7, 11) is -4.04. The fourth-order valence-electron chi connectivity index (χ4n) is 3.71. The fourth-order valence-corrected chi connectivity index (χ4v) is 4.99. The largest absolute Gasteiger partial charge is 0.506 e. The molecular formula is C27H30N6O7S. The van der Waals surface area contributed by atoms with E-state index in [1.807, 2.05) is 6.92 Å². The Morgan fingerprint density at radius 1 is 1.10 bits per heavy atom. The van der Waals surface area contributed by atoms with Gasteiger partial charge in [-0.3, -0.25) is 9.59 Å². The van der Waals surface area contributed by atoms with Crippen LogP contribution in [0.3, 0.4) is 0 Å². The lowest BCUT2D eigenvalue weighted by Crippen LogP contribution is -2.43. The molecule has 1 unspecified atom stereocenters. The predicted octanol–water partition coefficient (Wildman–Crippen LogP) is 2.86. The average molecular weight is 583 g/mol. The molecule has 3 aromatic rings. The number of rotatable bonds is 12. The quantitative estimate of drug-likeness (QED) is 0.184. The molecule has 0 radical (unpaired) electrons. The highest BCUT2D eigenvalue weighted by atomic mass is 32.2. The van der Waals surface area contributed by atoms with E-state index in [-0.39, 0.29) is 40.5 Å². The minimum Gasteiger partial charge on any atom is -0.506 e. The number of carbonyl (C=O) groups excluding carboxylic acids is 3. The molecule has 41 heavy (non-hydrogen) atoms. The van der Waals surface area contributed by atoms with Gasteiger partial charge in [-0.15, -0.1) is 0 Å². The van der Waals surface area contributed by atoms with E-state index in [4.69, 9.17) is 10.00 Å². The lowest BCUT2D eigenvalue weighted by Gasteiger charge is -2.19. The van der Waals surface area contributed by atoms with Crippen molar-refractivity contribution in [1.82, 2.24) is 14.5 Å². The van der Waals surface area contributed by atoms with Crippen LogP contribution in [-0.2, 0) is 30.8 Å². The Bertz CT molecular complexity index is 1580. The lowest BCUT2D eigenvalue weighted by molar-refractivity contribution is -0.118. The highest BCUT2D eigenvalue weighted by Crippen LogP contribution is 2.33. The molecule has 0 saturated carbocycles. The number of anilines is 2. The number of nitriles is 1. The zero-order chi connectivity index (χ0) is 30.2. The molecule has 0 spiro atoms. The smallest absolute Gasteiger partial charge is 0.341 e. The van der Waals surface area contributed by atoms with Crippen LogP contribution in [0.1, 0.15) is 49.5 Å². The molecule has 4 N–H and O–H groups in total. The summed E-state index contributed by atoms with van der Waals surface area (Å²) >= 11 is 0. The molecule has 2 amide bonds. The zero-order valence-electron chi connectivity index (χ0n) is 22.7. The molecule has 1 heterocycles. The number of aromatic hydroxyl groups is 1. The summed E-state index contributed by atoms with van der Waals surface area (Å²) in [5, 5.41) is 28.5. The van der Waals surface area contributed by atoms with E-state index in [0.717, 1.165) is 18.1 Å². The summed E-state index contributed by atoms with van der Waals surface area (Å²) in [6.07, 6.45) is 2.91. The Balaban J connectivity index is 1.95. The highest BCUT2D eigenvalue weighted by Gasteiger charge is 2.26. The molecule has 0 aliphatic rings. The third-order valence-corrected chi connectivity index (χ3v) is 7.38. The van der Waals surface area contributed by atoms with Crippen LogP contribution in [0.25, 0.3) is 5.69 Å². The van der Waals surface area contributed by atoms with Gasteiger partial charge in [0.2, 0.25) is 21.8 Å². The maximum atomic E-state index is 13.3. The van der Waals surface area contributed by atoms with Crippen molar-refractivity contribution in [3.05, 3.63) is 59.9 Å². The van der Waals surface area contributed by atoms with E-state index in [1.165, 1.54) is 35.3 Å². The van der Waals surface area contributed by atoms with Gasteiger partial charge in [0.1, 0.15) is 18.2 Å². The summed E-state index contributed by atoms with van der Waals surface area (Å²) in [4.78, 5) is 37.4. The topological polar surface area (TPSA) is 193 Å². The maximum Gasteiger partial charge on any atom is 0.341 e. The van der Waals surface area contributed by atoms with Crippen LogP contribution < -0.4 is 15.4 Å². The van der Waals surface area contributed by atoms with Gasteiger partial charge in [-0.05, 0) is 43.5 Å². The summed E-state index contributed by atoms with van der Waals surface area (Å²) in [6, 6.07) is 9.22. The number of sulfonamides is 1. The lowest BCUT2D eigenvalue weighted by atomic mass is 10.1. The van der Waals surface area contributed by atoms with E-state index >= 15 is 0 Å². The van der Waals surface area contributed by atoms with Crippen LogP contribution in [0, 0.1) is 11.3 Å². The molecule has 2 aromatic carbocycles. The van der Waals surface area contributed by atoms with E-state index in [9.17, 15) is 27.9 Å². The Kier molecular flexibility index (Phi) is 10.2. The number of aryl methyl sites for hydroxylation is 1. The van der Waals surface area contributed by atoms with E-state index in [2.05, 4.69) is 20.5 Å². The molecule has 0 fully saturated rings. The number of aromatic nitrogens is 2. The highest BCUT2D eigenvalue weighted by molar-refractivity contribution is 7.89. The van der Waals surface area contributed by atoms with Crippen molar-refractivity contribution in [2.75, 3.05) is 17.2 Å². The van der Waals surface area contributed by atoms with Crippen molar-refractivity contribution < 1.29 is 32.6 Å². The van der Waals surface area contributed by atoms with Gasteiger partial charge in [-0.25, -0.2) is 17.9 Å². The summed E-state index contributed by atoms with van der Waals surface area (Å²) in [5.74, 6) is -2.51. The molecule has 1 aromatic heterocycles.